The molecular weight excluding hydrogens is 328 g/mol. The van der Waals surface area contributed by atoms with Crippen molar-refractivity contribution in [3.63, 3.8) is 0 Å². The van der Waals surface area contributed by atoms with Gasteiger partial charge in [0.25, 0.3) is 5.91 Å². The van der Waals surface area contributed by atoms with Crippen molar-refractivity contribution in [1.82, 2.24) is 15.2 Å². The van der Waals surface area contributed by atoms with E-state index in [0.717, 1.165) is 0 Å². The van der Waals surface area contributed by atoms with Crippen LogP contribution in [-0.2, 0) is 14.3 Å². The van der Waals surface area contributed by atoms with E-state index in [1.807, 2.05) is 0 Å². The van der Waals surface area contributed by atoms with Gasteiger partial charge in [0.2, 0.25) is 11.8 Å². The Hall–Kier alpha value is -2.52. The molecule has 25 heavy (non-hydrogen) atoms. The van der Waals surface area contributed by atoms with Crippen LogP contribution in [-0.4, -0.2) is 71.2 Å². The molecule has 136 valence electrons. The fraction of sp³-hybridized carbons (Fsp3) is 0.500. The van der Waals surface area contributed by atoms with Crippen molar-refractivity contribution in [2.24, 2.45) is 0 Å². The third kappa shape index (κ3) is 5.50. The number of β-amino-alcohol motifs (C(OH)–C–C–N with tert-alkyl or cyclic N) is 1. The molecule has 2 rings (SSSR count). The normalized spacial score (nSPS) is 20.5. The molecule has 0 bridgehead atoms. The summed E-state index contributed by atoms with van der Waals surface area (Å²) >= 11 is 0. The van der Waals surface area contributed by atoms with E-state index in [9.17, 15) is 19.5 Å². The van der Waals surface area contributed by atoms with E-state index >= 15 is 0 Å². The molecule has 1 aromatic rings. The number of nitrogens with zero attached hydrogens (tertiary/aromatic N) is 2. The Labute approximate surface area is 145 Å². The van der Waals surface area contributed by atoms with Crippen molar-refractivity contribution in [3.8, 4) is 0 Å². The van der Waals surface area contributed by atoms with Crippen LogP contribution >= 0.6 is 0 Å². The molecule has 3 N–H and O–H groups in total. The fourth-order valence-electron chi connectivity index (χ4n) is 2.48. The maximum atomic E-state index is 12.7. The van der Waals surface area contributed by atoms with E-state index in [0.29, 0.717) is 12.1 Å². The average molecular weight is 350 g/mol. The number of carbonyl (C=O) groups excluding carboxylic acids is 3. The predicted molar refractivity (Wildman–Crippen MR) is 88.9 cm³/mol. The molecule has 0 radical (unpaired) electrons. The highest BCUT2D eigenvalue weighted by atomic mass is 16.5. The van der Waals surface area contributed by atoms with Gasteiger partial charge in [-0.05, 0) is 12.1 Å². The molecule has 1 saturated heterocycles. The molecule has 0 unspecified atom stereocenters. The third-order valence-electron chi connectivity index (χ3n) is 3.63. The Morgan fingerprint density at radius 1 is 1.36 bits per heavy atom. The zero-order valence-electron chi connectivity index (χ0n) is 14.2. The van der Waals surface area contributed by atoms with Gasteiger partial charge < -0.3 is 25.4 Å². The Bertz CT molecular complexity index is 666. The molecule has 0 saturated carbocycles. The number of aromatic nitrogens is 1. The predicted octanol–water partition coefficient (Wildman–Crippen LogP) is -0.620. The number of nitrogens with one attached hydrogen (secondary N) is 2. The summed E-state index contributed by atoms with van der Waals surface area (Å²) < 4.78 is 5.37. The van der Waals surface area contributed by atoms with Gasteiger partial charge in [0, 0.05) is 32.2 Å². The van der Waals surface area contributed by atoms with Gasteiger partial charge in [-0.15, -0.1) is 0 Å². The Kier molecular flexibility index (Phi) is 6.05. The first-order valence-electron chi connectivity index (χ1n) is 7.86. The zero-order chi connectivity index (χ0) is 18.4. The van der Waals surface area contributed by atoms with Crippen LogP contribution in [0.1, 0.15) is 24.2 Å². The van der Waals surface area contributed by atoms with Crippen molar-refractivity contribution >= 4 is 23.5 Å². The van der Waals surface area contributed by atoms with Gasteiger partial charge in [-0.25, -0.2) is 4.98 Å². The number of aliphatic hydroxyl groups is 1. The summed E-state index contributed by atoms with van der Waals surface area (Å²) in [6.07, 6.45) is 1.43. The lowest BCUT2D eigenvalue weighted by molar-refractivity contribution is -0.121. The Morgan fingerprint density at radius 2 is 2.12 bits per heavy atom. The van der Waals surface area contributed by atoms with Gasteiger partial charge in [-0.1, -0.05) is 0 Å². The topological polar surface area (TPSA) is 121 Å². The van der Waals surface area contributed by atoms with E-state index in [1.54, 1.807) is 0 Å². The number of pyridine rings is 1. The molecule has 0 aliphatic carbocycles. The molecule has 9 nitrogen and oxygen atoms in total. The number of anilines is 1. The Morgan fingerprint density at radius 3 is 2.80 bits per heavy atom. The molecule has 0 spiro atoms. The largest absolute Gasteiger partial charge is 0.384 e. The first-order valence-corrected chi connectivity index (χ1v) is 7.86. The minimum absolute atomic E-state index is 0.0143. The van der Waals surface area contributed by atoms with Crippen molar-refractivity contribution in [2.45, 2.75) is 19.4 Å². The summed E-state index contributed by atoms with van der Waals surface area (Å²) in [7, 11) is 0. The Balaban J connectivity index is 2.14. The maximum Gasteiger partial charge on any atom is 0.254 e. The molecule has 1 aliphatic heterocycles. The summed E-state index contributed by atoms with van der Waals surface area (Å²) in [5.41, 5.74) is -1.03. The van der Waals surface area contributed by atoms with Gasteiger partial charge in [0.1, 0.15) is 11.4 Å². The lowest BCUT2D eigenvalue weighted by atomic mass is 10.0. The van der Waals surface area contributed by atoms with Crippen molar-refractivity contribution in [2.75, 3.05) is 38.2 Å². The number of amides is 3. The molecule has 1 atom stereocenters. The molecule has 1 aliphatic rings. The zero-order valence-corrected chi connectivity index (χ0v) is 14.2. The molecule has 2 heterocycles. The highest BCUT2D eigenvalue weighted by Crippen LogP contribution is 2.16. The molecule has 1 fully saturated rings. The van der Waals surface area contributed by atoms with Crippen LogP contribution in [0.15, 0.2) is 18.3 Å². The summed E-state index contributed by atoms with van der Waals surface area (Å²) in [5, 5.41) is 15.7. The highest BCUT2D eigenvalue weighted by molar-refractivity contribution is 5.96. The van der Waals surface area contributed by atoms with Crippen molar-refractivity contribution < 1.29 is 24.2 Å². The number of hydrogen-bond acceptors (Lipinski definition) is 6. The first-order chi connectivity index (χ1) is 11.8. The van der Waals surface area contributed by atoms with Crippen molar-refractivity contribution in [1.29, 1.82) is 0 Å². The van der Waals surface area contributed by atoms with Gasteiger partial charge in [0.05, 0.1) is 26.3 Å². The molecular formula is C16H22N4O5. The second-order valence-electron chi connectivity index (χ2n) is 6.02. The van der Waals surface area contributed by atoms with Crippen molar-refractivity contribution in [3.05, 3.63) is 23.9 Å². The molecule has 3 amide bonds. The molecule has 0 aromatic carbocycles. The standard InChI is InChI=1S/C16H22N4O5/c1-11(21)18-8-16(24)9-20(5-6-25-10-16)15(23)13-3-4-17-14(7-13)19-12(2)22/h3-4,7,24H,5-6,8-10H2,1-2H3,(H,18,21)(H,17,19,22)/t16-/m0/s1. The summed E-state index contributed by atoms with van der Waals surface area (Å²) in [4.78, 5) is 40.4. The van der Waals surface area contributed by atoms with Crippen LogP contribution in [0.4, 0.5) is 5.82 Å². The third-order valence-corrected chi connectivity index (χ3v) is 3.63. The summed E-state index contributed by atoms with van der Waals surface area (Å²) in [5.74, 6) is -0.603. The monoisotopic (exact) mass is 350 g/mol. The smallest absolute Gasteiger partial charge is 0.254 e. The van der Waals surface area contributed by atoms with Crippen LogP contribution in [0.25, 0.3) is 0 Å². The molecule has 9 heteroatoms. The number of ether oxygens (including phenoxy) is 1. The minimum atomic E-state index is -1.37. The quantitative estimate of drug-likeness (QED) is 0.665. The number of carbonyl (C=O) groups is 3. The van der Waals surface area contributed by atoms with E-state index in [1.165, 1.54) is 37.1 Å². The molecule has 1 aromatic heterocycles. The lowest BCUT2D eigenvalue weighted by Gasteiger charge is -2.30. The SMILES string of the molecule is CC(=O)NC[C@@]1(O)COCCN(C(=O)c2ccnc(NC(C)=O)c2)C1. The highest BCUT2D eigenvalue weighted by Gasteiger charge is 2.35. The summed E-state index contributed by atoms with van der Waals surface area (Å²) in [6, 6.07) is 3.01. The maximum absolute atomic E-state index is 12.7. The van der Waals surface area contributed by atoms with E-state index in [4.69, 9.17) is 4.74 Å². The number of rotatable bonds is 4. The van der Waals surface area contributed by atoms with Crippen LogP contribution in [0.5, 0.6) is 0 Å². The second kappa shape index (κ2) is 8.04. The van der Waals surface area contributed by atoms with E-state index < -0.39 is 5.60 Å². The van der Waals surface area contributed by atoms with Crippen LogP contribution in [0.3, 0.4) is 0 Å². The fourth-order valence-corrected chi connectivity index (χ4v) is 2.48. The van der Waals surface area contributed by atoms with Gasteiger partial charge in [-0.3, -0.25) is 14.4 Å². The van der Waals surface area contributed by atoms with Gasteiger partial charge in [0.15, 0.2) is 0 Å². The number of hydrogen-bond donors (Lipinski definition) is 3. The average Bonchev–Trinajstić information content (AvgIpc) is 2.74. The van der Waals surface area contributed by atoms with E-state index in [2.05, 4.69) is 15.6 Å². The lowest BCUT2D eigenvalue weighted by Crippen LogP contribution is -2.53. The van der Waals surface area contributed by atoms with Crippen LogP contribution < -0.4 is 10.6 Å². The van der Waals surface area contributed by atoms with E-state index in [-0.39, 0.29) is 49.8 Å². The van der Waals surface area contributed by atoms with Crippen LogP contribution in [0.2, 0.25) is 0 Å². The minimum Gasteiger partial charge on any atom is -0.384 e. The second-order valence-corrected chi connectivity index (χ2v) is 6.02. The first kappa shape index (κ1) is 18.8. The van der Waals surface area contributed by atoms with Gasteiger partial charge in [-0.2, -0.15) is 0 Å². The van der Waals surface area contributed by atoms with Crippen LogP contribution in [0, 0.1) is 0 Å². The van der Waals surface area contributed by atoms with Gasteiger partial charge >= 0.3 is 0 Å². The summed E-state index contributed by atoms with van der Waals surface area (Å²) in [6.45, 7) is 3.31.